The molecule has 0 aliphatic carbocycles. The molecule has 3 aromatic rings. The number of hydrogen-bond acceptors (Lipinski definition) is 7. The third-order valence-corrected chi connectivity index (χ3v) is 7.00. The van der Waals surface area contributed by atoms with Crippen molar-refractivity contribution in [3.8, 4) is 17.2 Å². The maximum absolute atomic E-state index is 10.4. The Morgan fingerprint density at radius 1 is 0.833 bits per heavy atom. The summed E-state index contributed by atoms with van der Waals surface area (Å²) in [6.07, 6.45) is 4.75. The Labute approximate surface area is 249 Å². The third-order valence-electron chi connectivity index (χ3n) is 7.00. The molecule has 1 fully saturated rings. The highest BCUT2D eigenvalue weighted by molar-refractivity contribution is 5.66. The lowest BCUT2D eigenvalue weighted by molar-refractivity contribution is -0.137. The van der Waals surface area contributed by atoms with Gasteiger partial charge >= 0.3 is 5.97 Å². The predicted octanol–water partition coefficient (Wildman–Crippen LogP) is 5.61. The topological polar surface area (TPSA) is 106 Å². The van der Waals surface area contributed by atoms with Gasteiger partial charge in [-0.3, -0.25) is 4.79 Å². The van der Waals surface area contributed by atoms with Gasteiger partial charge in [0, 0.05) is 18.4 Å². The molecule has 3 aromatic carbocycles. The molecule has 1 saturated heterocycles. The van der Waals surface area contributed by atoms with E-state index in [4.69, 9.17) is 29.2 Å². The molecule has 0 atom stereocenters. The van der Waals surface area contributed by atoms with Crippen LogP contribution < -0.4 is 19.5 Å². The van der Waals surface area contributed by atoms with Gasteiger partial charge in [0.25, 0.3) is 0 Å². The van der Waals surface area contributed by atoms with Gasteiger partial charge in [-0.05, 0) is 80.1 Å². The minimum absolute atomic E-state index is 0.0243. The molecular weight excluding hydrogens is 534 g/mol. The number of piperidine rings is 1. The number of aliphatic hydroxyl groups excluding tert-OH is 1. The Bertz CT molecular complexity index is 1160. The first kappa shape index (κ1) is 32.9. The minimum atomic E-state index is -0.784. The number of hydrogen-bond donors (Lipinski definition) is 3. The smallest absolute Gasteiger partial charge is 0.303 e. The second-order valence-electron chi connectivity index (χ2n) is 10.1. The summed E-state index contributed by atoms with van der Waals surface area (Å²) < 4.78 is 22.2. The molecule has 228 valence electrons. The van der Waals surface area contributed by atoms with Crippen molar-refractivity contribution < 1.29 is 34.0 Å². The molecule has 0 bridgehead atoms. The fraction of sp³-hybridized carbons (Fsp3) is 0.441. The van der Waals surface area contributed by atoms with Gasteiger partial charge in [0.1, 0.15) is 23.9 Å². The molecule has 8 nitrogen and oxygen atoms in total. The van der Waals surface area contributed by atoms with E-state index in [1.165, 1.54) is 18.4 Å². The van der Waals surface area contributed by atoms with Gasteiger partial charge in [-0.1, -0.05) is 48.5 Å². The van der Waals surface area contributed by atoms with E-state index in [1.54, 1.807) is 7.11 Å². The van der Waals surface area contributed by atoms with Crippen LogP contribution in [0.1, 0.15) is 54.7 Å². The van der Waals surface area contributed by atoms with Crippen LogP contribution in [0.4, 0.5) is 0 Å². The zero-order valence-corrected chi connectivity index (χ0v) is 24.6. The first-order valence-corrected chi connectivity index (χ1v) is 14.8. The van der Waals surface area contributed by atoms with Crippen LogP contribution in [-0.4, -0.2) is 62.8 Å². The normalized spacial score (nSPS) is 13.1. The number of ether oxygens (including phenoxy) is 4. The number of para-hydroxylation sites is 2. The van der Waals surface area contributed by atoms with Crippen molar-refractivity contribution >= 4 is 5.97 Å². The number of aliphatic hydroxyl groups is 1. The van der Waals surface area contributed by atoms with Crippen LogP contribution in [0.2, 0.25) is 0 Å². The molecule has 3 N–H and O–H groups in total. The van der Waals surface area contributed by atoms with Crippen LogP contribution in [0, 0.1) is 0 Å². The zero-order chi connectivity index (χ0) is 29.8. The van der Waals surface area contributed by atoms with Crippen LogP contribution >= 0.6 is 0 Å². The van der Waals surface area contributed by atoms with E-state index in [9.17, 15) is 4.79 Å². The van der Waals surface area contributed by atoms with Gasteiger partial charge in [0.2, 0.25) is 0 Å². The Hall–Kier alpha value is -3.59. The van der Waals surface area contributed by atoms with Crippen molar-refractivity contribution in [1.82, 2.24) is 5.32 Å². The Kier molecular flexibility index (Phi) is 15.3. The molecule has 1 aliphatic heterocycles. The van der Waals surface area contributed by atoms with Crippen molar-refractivity contribution in [2.24, 2.45) is 0 Å². The van der Waals surface area contributed by atoms with E-state index in [0.717, 1.165) is 47.9 Å². The fourth-order valence-corrected chi connectivity index (χ4v) is 4.78. The molecule has 1 heterocycles. The highest BCUT2D eigenvalue weighted by atomic mass is 16.5. The quantitative estimate of drug-likeness (QED) is 0.188. The van der Waals surface area contributed by atoms with E-state index in [0.29, 0.717) is 38.6 Å². The predicted molar refractivity (Wildman–Crippen MR) is 164 cm³/mol. The second-order valence-corrected chi connectivity index (χ2v) is 10.1. The lowest BCUT2D eigenvalue weighted by Crippen LogP contribution is -2.26. The highest BCUT2D eigenvalue weighted by Crippen LogP contribution is 2.27. The van der Waals surface area contributed by atoms with Crippen LogP contribution in [0.5, 0.6) is 17.2 Å². The molecular formula is C34H45NO7. The number of benzene rings is 3. The van der Waals surface area contributed by atoms with Gasteiger partial charge in [-0.2, -0.15) is 0 Å². The third kappa shape index (κ3) is 12.1. The summed E-state index contributed by atoms with van der Waals surface area (Å²) in [6, 6.07) is 24.0. The number of aryl methyl sites for hydroxylation is 1. The number of aliphatic carboxylic acids is 1. The van der Waals surface area contributed by atoms with Crippen molar-refractivity contribution in [2.45, 2.75) is 51.0 Å². The summed E-state index contributed by atoms with van der Waals surface area (Å²) >= 11 is 0. The Balaban J connectivity index is 0.000000260. The van der Waals surface area contributed by atoms with Crippen LogP contribution in [0.15, 0.2) is 72.8 Å². The SMILES string of the molecule is COc1ccccc1COCCCOc1ccc(C2CCNCC2)cc1.O=C(O)CCCc1ccccc1OCCO. The van der Waals surface area contributed by atoms with E-state index >= 15 is 0 Å². The molecule has 0 spiro atoms. The maximum atomic E-state index is 10.4. The number of carboxylic acids is 1. The molecule has 4 rings (SSSR count). The van der Waals surface area contributed by atoms with Crippen LogP contribution in [-0.2, 0) is 22.6 Å². The average Bonchev–Trinajstić information content (AvgIpc) is 3.03. The number of nitrogens with one attached hydrogen (secondary N) is 1. The number of carbonyl (C=O) groups is 1. The molecule has 0 unspecified atom stereocenters. The van der Waals surface area contributed by atoms with E-state index in [2.05, 4.69) is 29.6 Å². The van der Waals surface area contributed by atoms with Gasteiger partial charge in [0.15, 0.2) is 0 Å². The molecule has 0 aromatic heterocycles. The van der Waals surface area contributed by atoms with Gasteiger partial charge in [-0.25, -0.2) is 0 Å². The number of carboxylic acid groups (broad SMARTS) is 1. The van der Waals surface area contributed by atoms with Gasteiger partial charge < -0.3 is 34.5 Å². The van der Waals surface area contributed by atoms with E-state index in [-0.39, 0.29) is 19.6 Å². The highest BCUT2D eigenvalue weighted by Gasteiger charge is 2.14. The van der Waals surface area contributed by atoms with Gasteiger partial charge in [-0.15, -0.1) is 0 Å². The number of rotatable bonds is 16. The summed E-state index contributed by atoms with van der Waals surface area (Å²) in [4.78, 5) is 10.4. The first-order valence-electron chi connectivity index (χ1n) is 14.8. The van der Waals surface area contributed by atoms with E-state index < -0.39 is 5.97 Å². The summed E-state index contributed by atoms with van der Waals surface area (Å²) in [6.45, 7) is 4.38. The molecule has 8 heteroatoms. The summed E-state index contributed by atoms with van der Waals surface area (Å²) in [7, 11) is 1.68. The Morgan fingerprint density at radius 2 is 1.52 bits per heavy atom. The maximum Gasteiger partial charge on any atom is 0.303 e. The van der Waals surface area contributed by atoms with Gasteiger partial charge in [0.05, 0.1) is 33.5 Å². The lowest BCUT2D eigenvalue weighted by atomic mass is 9.90. The average molecular weight is 580 g/mol. The Morgan fingerprint density at radius 3 is 2.21 bits per heavy atom. The standard InChI is InChI=1S/C22H29NO3.C12H16O4/c1-24-22-6-3-2-5-20(22)17-25-15-4-16-26-21-9-7-18(8-10-21)19-11-13-23-14-12-19;13-8-9-16-11-6-2-1-4-10(11)5-3-7-12(14)15/h2-3,5-10,19,23H,4,11-17H2,1H3;1-2,4,6,13H,3,5,7-9H2,(H,14,15). The molecule has 0 saturated carbocycles. The van der Waals surface area contributed by atoms with Crippen molar-refractivity contribution in [3.05, 3.63) is 89.5 Å². The molecule has 0 amide bonds. The molecule has 0 radical (unpaired) electrons. The first-order chi connectivity index (χ1) is 20.6. The summed E-state index contributed by atoms with van der Waals surface area (Å²) in [5.41, 5.74) is 3.49. The molecule has 1 aliphatic rings. The lowest BCUT2D eigenvalue weighted by Gasteiger charge is -2.23. The van der Waals surface area contributed by atoms with Crippen LogP contribution in [0.3, 0.4) is 0 Å². The monoisotopic (exact) mass is 579 g/mol. The van der Waals surface area contributed by atoms with Crippen molar-refractivity contribution in [2.75, 3.05) is 46.6 Å². The largest absolute Gasteiger partial charge is 0.496 e. The minimum Gasteiger partial charge on any atom is -0.496 e. The van der Waals surface area contributed by atoms with E-state index in [1.807, 2.05) is 48.5 Å². The van der Waals surface area contributed by atoms with Crippen molar-refractivity contribution in [3.63, 3.8) is 0 Å². The van der Waals surface area contributed by atoms with Crippen LogP contribution in [0.25, 0.3) is 0 Å². The van der Waals surface area contributed by atoms with Crippen molar-refractivity contribution in [1.29, 1.82) is 0 Å². The summed E-state index contributed by atoms with van der Waals surface area (Å²) in [5.74, 6) is 2.44. The molecule has 42 heavy (non-hydrogen) atoms. The second kappa shape index (κ2) is 19.5. The summed E-state index contributed by atoms with van der Waals surface area (Å²) in [5, 5.41) is 20.6. The number of methoxy groups -OCH3 is 1. The fourth-order valence-electron chi connectivity index (χ4n) is 4.78. The zero-order valence-electron chi connectivity index (χ0n) is 24.6.